The Morgan fingerprint density at radius 3 is 2.28 bits per heavy atom. The molecule has 3 atom stereocenters. The van der Waals surface area contributed by atoms with E-state index in [2.05, 4.69) is 10.0 Å². The quantitative estimate of drug-likeness (QED) is 0.196. The Hall–Kier alpha value is -2.73. The molecular formula is C24H26Cl2N2O7S. The number of hydrogen-bond donors (Lipinski definition) is 6. The first-order valence-corrected chi connectivity index (χ1v) is 13.0. The van der Waals surface area contributed by atoms with Gasteiger partial charge in [0.05, 0.1) is 21.7 Å². The maximum absolute atomic E-state index is 12.6. The second-order valence-electron chi connectivity index (χ2n) is 8.06. The summed E-state index contributed by atoms with van der Waals surface area (Å²) >= 11 is 11.7. The van der Waals surface area contributed by atoms with Gasteiger partial charge in [0.25, 0.3) is 10.0 Å². The summed E-state index contributed by atoms with van der Waals surface area (Å²) in [5.74, 6) is -0.178. The number of rotatable bonds is 11. The molecule has 3 aromatic carbocycles. The van der Waals surface area contributed by atoms with Crippen molar-refractivity contribution in [2.45, 2.75) is 30.1 Å². The van der Waals surface area contributed by atoms with Gasteiger partial charge in [-0.05, 0) is 61.0 Å². The van der Waals surface area contributed by atoms with Crippen LogP contribution in [-0.2, 0) is 10.0 Å². The molecule has 9 nitrogen and oxygen atoms in total. The third kappa shape index (κ3) is 7.39. The Bertz CT molecular complexity index is 1290. The third-order valence-corrected chi connectivity index (χ3v) is 7.18. The zero-order chi connectivity index (χ0) is 26.5. The smallest absolute Gasteiger partial charge is 0.262 e. The van der Waals surface area contributed by atoms with E-state index in [4.69, 9.17) is 27.9 Å². The molecule has 0 amide bonds. The fraction of sp³-hybridized carbons (Fsp3) is 0.250. The van der Waals surface area contributed by atoms with Crippen LogP contribution in [-0.4, -0.2) is 54.1 Å². The molecule has 3 aromatic rings. The molecule has 0 saturated carbocycles. The molecule has 0 saturated heterocycles. The molecule has 3 rings (SSSR count). The topological polar surface area (TPSA) is 148 Å². The predicted molar refractivity (Wildman–Crippen MR) is 137 cm³/mol. The van der Waals surface area contributed by atoms with E-state index >= 15 is 0 Å². The number of phenolic OH excluding ortho intramolecular Hbond substituents is 2. The SMILES string of the molecule is CC(NC[C@H](O)COc1ccc(O)c(NS(=O)(=O)c2ccc(Cl)cc2)c1)C(O)c1ccc(O)c(Cl)c1. The van der Waals surface area contributed by atoms with Crippen molar-refractivity contribution in [3.8, 4) is 17.2 Å². The van der Waals surface area contributed by atoms with Crippen molar-refractivity contribution in [3.05, 3.63) is 76.3 Å². The molecule has 0 aliphatic carbocycles. The summed E-state index contributed by atoms with van der Waals surface area (Å²) in [7, 11) is -3.98. The summed E-state index contributed by atoms with van der Waals surface area (Å²) in [6, 6.07) is 13.5. The van der Waals surface area contributed by atoms with Crippen molar-refractivity contribution >= 4 is 38.9 Å². The highest BCUT2D eigenvalue weighted by Crippen LogP contribution is 2.31. The van der Waals surface area contributed by atoms with Crippen LogP contribution >= 0.6 is 23.2 Å². The van der Waals surface area contributed by atoms with Crippen LogP contribution in [0.3, 0.4) is 0 Å². The lowest BCUT2D eigenvalue weighted by Gasteiger charge is -2.23. The number of halogens is 2. The van der Waals surface area contributed by atoms with E-state index < -0.39 is 28.3 Å². The summed E-state index contributed by atoms with van der Waals surface area (Å²) in [5.41, 5.74) is 0.403. The van der Waals surface area contributed by atoms with E-state index in [0.717, 1.165) is 0 Å². The average Bonchev–Trinajstić information content (AvgIpc) is 2.84. The highest BCUT2D eigenvalue weighted by Gasteiger charge is 2.19. The van der Waals surface area contributed by atoms with E-state index in [1.165, 1.54) is 54.6 Å². The fourth-order valence-corrected chi connectivity index (χ4v) is 4.57. The number of benzene rings is 3. The van der Waals surface area contributed by atoms with Gasteiger partial charge in [-0.1, -0.05) is 29.3 Å². The van der Waals surface area contributed by atoms with Crippen LogP contribution in [0.1, 0.15) is 18.6 Å². The average molecular weight is 557 g/mol. The van der Waals surface area contributed by atoms with E-state index in [-0.39, 0.29) is 46.0 Å². The lowest BCUT2D eigenvalue weighted by Crippen LogP contribution is -2.39. The van der Waals surface area contributed by atoms with E-state index in [9.17, 15) is 28.8 Å². The molecule has 12 heteroatoms. The van der Waals surface area contributed by atoms with Crippen LogP contribution in [0.4, 0.5) is 5.69 Å². The summed E-state index contributed by atoms with van der Waals surface area (Å²) in [6.07, 6.45) is -1.91. The van der Waals surface area contributed by atoms with Gasteiger partial charge in [0.2, 0.25) is 0 Å². The van der Waals surface area contributed by atoms with Gasteiger partial charge in [-0.25, -0.2) is 8.42 Å². The molecule has 0 aromatic heterocycles. The zero-order valence-electron chi connectivity index (χ0n) is 19.1. The minimum absolute atomic E-state index is 0.0370. The normalized spacial score (nSPS) is 14.1. The molecular weight excluding hydrogens is 531 g/mol. The van der Waals surface area contributed by atoms with Gasteiger partial charge in [0.1, 0.15) is 30.0 Å². The third-order valence-electron chi connectivity index (χ3n) is 5.24. The number of sulfonamides is 1. The van der Waals surface area contributed by atoms with Crippen LogP contribution in [0.25, 0.3) is 0 Å². The summed E-state index contributed by atoms with van der Waals surface area (Å²) in [4.78, 5) is -0.0370. The van der Waals surface area contributed by atoms with Crippen LogP contribution in [0.15, 0.2) is 65.6 Å². The molecule has 0 aliphatic rings. The summed E-state index contributed by atoms with van der Waals surface area (Å²) < 4.78 is 33.0. The number of phenols is 2. The van der Waals surface area contributed by atoms with Crippen molar-refractivity contribution < 1.29 is 33.6 Å². The van der Waals surface area contributed by atoms with Crippen LogP contribution in [0.2, 0.25) is 10.0 Å². The highest BCUT2D eigenvalue weighted by atomic mass is 35.5. The van der Waals surface area contributed by atoms with Gasteiger partial charge in [-0.2, -0.15) is 0 Å². The number of nitrogens with one attached hydrogen (secondary N) is 2. The molecule has 6 N–H and O–H groups in total. The Labute approximate surface area is 218 Å². The number of aromatic hydroxyl groups is 2. The maximum atomic E-state index is 12.6. The Balaban J connectivity index is 1.55. The molecule has 0 radical (unpaired) electrons. The second-order valence-corrected chi connectivity index (χ2v) is 10.6. The highest BCUT2D eigenvalue weighted by molar-refractivity contribution is 7.92. The second kappa shape index (κ2) is 12.0. The Kier molecular flexibility index (Phi) is 9.29. The van der Waals surface area contributed by atoms with Gasteiger partial charge in [-0.3, -0.25) is 4.72 Å². The lowest BCUT2D eigenvalue weighted by molar-refractivity contribution is 0.0876. The number of anilines is 1. The predicted octanol–water partition coefficient (Wildman–Crippen LogP) is 3.66. The molecule has 0 spiro atoms. The molecule has 2 unspecified atom stereocenters. The zero-order valence-corrected chi connectivity index (χ0v) is 21.4. The van der Waals surface area contributed by atoms with Crippen molar-refractivity contribution in [2.24, 2.45) is 0 Å². The van der Waals surface area contributed by atoms with Gasteiger partial charge >= 0.3 is 0 Å². The minimum atomic E-state index is -3.98. The minimum Gasteiger partial charge on any atom is -0.506 e. The number of aliphatic hydroxyl groups is 2. The van der Waals surface area contributed by atoms with Gasteiger partial charge in [0.15, 0.2) is 0 Å². The molecule has 0 aliphatic heterocycles. The van der Waals surface area contributed by atoms with Crippen LogP contribution in [0, 0.1) is 0 Å². The van der Waals surface area contributed by atoms with Gasteiger partial charge < -0.3 is 30.5 Å². The van der Waals surface area contributed by atoms with E-state index in [1.54, 1.807) is 13.0 Å². The van der Waals surface area contributed by atoms with Crippen LogP contribution in [0.5, 0.6) is 17.2 Å². The van der Waals surface area contributed by atoms with E-state index in [1.807, 2.05) is 0 Å². The lowest BCUT2D eigenvalue weighted by atomic mass is 10.0. The summed E-state index contributed by atoms with van der Waals surface area (Å²) in [5, 5.41) is 43.8. The molecule has 0 fully saturated rings. The number of hydrogen-bond acceptors (Lipinski definition) is 8. The number of aliphatic hydroxyl groups excluding tert-OH is 2. The first-order chi connectivity index (χ1) is 17.0. The van der Waals surface area contributed by atoms with Gasteiger partial charge in [-0.15, -0.1) is 0 Å². The molecule has 36 heavy (non-hydrogen) atoms. The van der Waals surface area contributed by atoms with Gasteiger partial charge in [0, 0.05) is 23.7 Å². The van der Waals surface area contributed by atoms with Crippen molar-refractivity contribution in [1.29, 1.82) is 0 Å². The monoisotopic (exact) mass is 556 g/mol. The fourth-order valence-electron chi connectivity index (χ4n) is 3.18. The van der Waals surface area contributed by atoms with Crippen LogP contribution < -0.4 is 14.8 Å². The number of ether oxygens (including phenoxy) is 1. The summed E-state index contributed by atoms with van der Waals surface area (Å²) in [6.45, 7) is 1.66. The first-order valence-electron chi connectivity index (χ1n) is 10.8. The Morgan fingerprint density at radius 2 is 1.61 bits per heavy atom. The molecule has 194 valence electrons. The Morgan fingerprint density at radius 1 is 0.944 bits per heavy atom. The van der Waals surface area contributed by atoms with Crippen molar-refractivity contribution in [3.63, 3.8) is 0 Å². The standard InChI is InChI=1S/C24H26Cl2N2O7S/c1-14(24(32)15-2-8-22(30)20(26)10-15)27-12-17(29)13-35-18-5-9-23(31)21(11-18)28-36(33,34)19-6-3-16(25)4-7-19/h2-11,14,17,24,27-32H,12-13H2,1H3/t14?,17-,24?/m0/s1. The first kappa shape index (κ1) is 27.9. The molecule has 0 heterocycles. The largest absolute Gasteiger partial charge is 0.506 e. The van der Waals surface area contributed by atoms with E-state index in [0.29, 0.717) is 10.6 Å². The van der Waals surface area contributed by atoms with Crippen molar-refractivity contribution in [1.82, 2.24) is 5.32 Å². The van der Waals surface area contributed by atoms with Crippen molar-refractivity contribution in [2.75, 3.05) is 17.9 Å². The maximum Gasteiger partial charge on any atom is 0.262 e. The molecule has 0 bridgehead atoms.